The Kier molecular flexibility index (Phi) is 7.60. The van der Waals surface area contributed by atoms with Crippen molar-refractivity contribution in [3.05, 3.63) is 106 Å². The molecular formula is C27H24ClN3O4. The van der Waals surface area contributed by atoms with Gasteiger partial charge in [0.05, 0.1) is 0 Å². The summed E-state index contributed by atoms with van der Waals surface area (Å²) in [5, 5.41) is 15.0. The Labute approximate surface area is 207 Å². The smallest absolute Gasteiger partial charge is 0.274 e. The number of benzene rings is 3. The SMILES string of the molecule is O=C(NC1CC1)/C(=C/c1ccc(C(=O)NCc2ccc(C(=O)NO)cc2)cc1)c1ccccc1Cl. The van der Waals surface area contributed by atoms with Gasteiger partial charge in [0, 0.05) is 39.9 Å². The Morgan fingerprint density at radius 2 is 1.51 bits per heavy atom. The molecular weight excluding hydrogens is 466 g/mol. The summed E-state index contributed by atoms with van der Waals surface area (Å²) in [6, 6.07) is 20.9. The first-order valence-corrected chi connectivity index (χ1v) is 11.5. The Morgan fingerprint density at radius 1 is 0.886 bits per heavy atom. The number of halogens is 1. The van der Waals surface area contributed by atoms with E-state index in [2.05, 4.69) is 10.6 Å². The second kappa shape index (κ2) is 11.0. The summed E-state index contributed by atoms with van der Waals surface area (Å²) in [5.74, 6) is -1.03. The minimum atomic E-state index is -0.600. The molecule has 4 rings (SSSR count). The predicted molar refractivity (Wildman–Crippen MR) is 134 cm³/mol. The van der Waals surface area contributed by atoms with Crippen LogP contribution in [-0.2, 0) is 11.3 Å². The summed E-state index contributed by atoms with van der Waals surface area (Å²) in [7, 11) is 0. The van der Waals surface area contributed by atoms with Crippen LogP contribution in [0.1, 0.15) is 50.2 Å². The van der Waals surface area contributed by atoms with E-state index in [0.29, 0.717) is 27.3 Å². The zero-order valence-corrected chi connectivity index (χ0v) is 19.5. The lowest BCUT2D eigenvalue weighted by Gasteiger charge is -2.11. The number of hydrogen-bond donors (Lipinski definition) is 4. The van der Waals surface area contributed by atoms with E-state index < -0.39 is 5.91 Å². The van der Waals surface area contributed by atoms with Gasteiger partial charge in [-0.2, -0.15) is 0 Å². The number of amides is 3. The maximum absolute atomic E-state index is 12.9. The number of hydroxylamine groups is 1. The Morgan fingerprint density at radius 3 is 2.14 bits per heavy atom. The third-order valence-corrected chi connectivity index (χ3v) is 5.91. The van der Waals surface area contributed by atoms with Gasteiger partial charge in [0.15, 0.2) is 0 Å². The van der Waals surface area contributed by atoms with Gasteiger partial charge in [0.1, 0.15) is 0 Å². The normalized spacial score (nSPS) is 13.1. The van der Waals surface area contributed by atoms with Gasteiger partial charge in [0.25, 0.3) is 17.7 Å². The van der Waals surface area contributed by atoms with Crippen molar-refractivity contribution in [2.24, 2.45) is 0 Å². The number of hydrogen-bond acceptors (Lipinski definition) is 4. The fourth-order valence-electron chi connectivity index (χ4n) is 3.46. The molecule has 0 unspecified atom stereocenters. The molecule has 3 amide bonds. The molecule has 0 saturated heterocycles. The van der Waals surface area contributed by atoms with Crippen molar-refractivity contribution >= 4 is 41.0 Å². The molecule has 3 aromatic rings. The number of carbonyl (C=O) groups excluding carboxylic acids is 3. The predicted octanol–water partition coefficient (Wildman–Crippen LogP) is 4.21. The first kappa shape index (κ1) is 24.2. The van der Waals surface area contributed by atoms with Crippen LogP contribution in [0.2, 0.25) is 5.02 Å². The van der Waals surface area contributed by atoms with Crippen LogP contribution in [0.5, 0.6) is 0 Å². The first-order valence-electron chi connectivity index (χ1n) is 11.1. The molecule has 1 aliphatic carbocycles. The Balaban J connectivity index is 1.45. The summed E-state index contributed by atoms with van der Waals surface area (Å²) in [5.41, 5.74) is 5.05. The minimum Gasteiger partial charge on any atom is -0.349 e. The Hall–Kier alpha value is -3.94. The average molecular weight is 490 g/mol. The molecule has 1 saturated carbocycles. The molecule has 178 valence electrons. The monoisotopic (exact) mass is 489 g/mol. The van der Waals surface area contributed by atoms with Gasteiger partial charge < -0.3 is 10.6 Å². The van der Waals surface area contributed by atoms with Crippen LogP contribution in [0.3, 0.4) is 0 Å². The van der Waals surface area contributed by atoms with Crippen LogP contribution in [0.25, 0.3) is 11.6 Å². The molecule has 0 heterocycles. The summed E-state index contributed by atoms with van der Waals surface area (Å²) in [4.78, 5) is 36.8. The van der Waals surface area contributed by atoms with Crippen molar-refractivity contribution in [1.82, 2.24) is 16.1 Å². The fraction of sp³-hybridized carbons (Fsp3) is 0.148. The van der Waals surface area contributed by atoms with Crippen molar-refractivity contribution in [1.29, 1.82) is 0 Å². The highest BCUT2D eigenvalue weighted by Gasteiger charge is 2.25. The van der Waals surface area contributed by atoms with E-state index >= 15 is 0 Å². The van der Waals surface area contributed by atoms with Crippen molar-refractivity contribution in [2.75, 3.05) is 0 Å². The van der Waals surface area contributed by atoms with Crippen LogP contribution in [-0.4, -0.2) is 29.0 Å². The largest absolute Gasteiger partial charge is 0.349 e. The fourth-order valence-corrected chi connectivity index (χ4v) is 3.69. The molecule has 1 aliphatic rings. The van der Waals surface area contributed by atoms with Gasteiger partial charge in [-0.1, -0.05) is 54.1 Å². The lowest BCUT2D eigenvalue weighted by molar-refractivity contribution is -0.115. The zero-order valence-electron chi connectivity index (χ0n) is 18.8. The molecule has 0 aliphatic heterocycles. The van der Waals surface area contributed by atoms with Gasteiger partial charge in [-0.3, -0.25) is 19.6 Å². The summed E-state index contributed by atoms with van der Waals surface area (Å²) in [6.07, 6.45) is 3.73. The number of nitrogens with one attached hydrogen (secondary N) is 3. The first-order chi connectivity index (χ1) is 16.9. The van der Waals surface area contributed by atoms with Crippen molar-refractivity contribution in [2.45, 2.75) is 25.4 Å². The molecule has 0 radical (unpaired) electrons. The van der Waals surface area contributed by atoms with E-state index in [1.165, 1.54) is 0 Å². The molecule has 0 atom stereocenters. The molecule has 4 N–H and O–H groups in total. The van der Waals surface area contributed by atoms with Gasteiger partial charge in [-0.05, 0) is 60.4 Å². The molecule has 0 aromatic heterocycles. The van der Waals surface area contributed by atoms with Gasteiger partial charge >= 0.3 is 0 Å². The highest BCUT2D eigenvalue weighted by Crippen LogP contribution is 2.28. The quantitative estimate of drug-likeness (QED) is 0.164. The van der Waals surface area contributed by atoms with Crippen molar-refractivity contribution in [3.63, 3.8) is 0 Å². The topological polar surface area (TPSA) is 108 Å². The van der Waals surface area contributed by atoms with E-state index in [1.54, 1.807) is 66.2 Å². The number of carbonyl (C=O) groups is 3. The molecule has 35 heavy (non-hydrogen) atoms. The lowest BCUT2D eigenvalue weighted by atomic mass is 10.0. The van der Waals surface area contributed by atoms with E-state index in [0.717, 1.165) is 24.0 Å². The zero-order chi connectivity index (χ0) is 24.8. The molecule has 8 heteroatoms. The molecule has 0 bridgehead atoms. The highest BCUT2D eigenvalue weighted by atomic mass is 35.5. The van der Waals surface area contributed by atoms with Crippen LogP contribution in [0.4, 0.5) is 0 Å². The van der Waals surface area contributed by atoms with E-state index in [-0.39, 0.29) is 24.4 Å². The minimum absolute atomic E-state index is 0.176. The van der Waals surface area contributed by atoms with Gasteiger partial charge in [0.2, 0.25) is 0 Å². The standard InChI is InChI=1S/C27H24ClN3O4/c28-24-4-2-1-3-22(24)23(27(34)30-21-13-14-21)15-17-5-9-19(10-6-17)25(32)29-16-18-7-11-20(12-8-18)26(33)31-35/h1-12,15,21,35H,13-14,16H2,(H,29,32)(H,30,34)(H,31,33)/b23-15+. The molecule has 7 nitrogen and oxygen atoms in total. The second-order valence-electron chi connectivity index (χ2n) is 8.23. The maximum Gasteiger partial charge on any atom is 0.274 e. The van der Waals surface area contributed by atoms with Crippen LogP contribution >= 0.6 is 11.6 Å². The highest BCUT2D eigenvalue weighted by molar-refractivity contribution is 6.36. The average Bonchev–Trinajstić information content (AvgIpc) is 3.70. The third kappa shape index (κ3) is 6.35. The maximum atomic E-state index is 12.9. The van der Waals surface area contributed by atoms with Crippen LogP contribution in [0.15, 0.2) is 72.8 Å². The molecule has 1 fully saturated rings. The van der Waals surface area contributed by atoms with Gasteiger partial charge in [-0.15, -0.1) is 0 Å². The van der Waals surface area contributed by atoms with E-state index in [1.807, 2.05) is 18.2 Å². The molecule has 3 aromatic carbocycles. The lowest BCUT2D eigenvalue weighted by Crippen LogP contribution is -2.26. The van der Waals surface area contributed by atoms with Crippen molar-refractivity contribution < 1.29 is 19.6 Å². The van der Waals surface area contributed by atoms with Crippen LogP contribution < -0.4 is 16.1 Å². The summed E-state index contributed by atoms with van der Waals surface area (Å²) in [6.45, 7) is 0.277. The van der Waals surface area contributed by atoms with Crippen molar-refractivity contribution in [3.8, 4) is 0 Å². The van der Waals surface area contributed by atoms with E-state index in [9.17, 15) is 14.4 Å². The summed E-state index contributed by atoms with van der Waals surface area (Å²) < 4.78 is 0. The Bertz CT molecular complexity index is 1270. The third-order valence-electron chi connectivity index (χ3n) is 5.58. The summed E-state index contributed by atoms with van der Waals surface area (Å²) >= 11 is 6.36. The molecule has 0 spiro atoms. The van der Waals surface area contributed by atoms with Gasteiger partial charge in [-0.25, -0.2) is 5.48 Å². The van der Waals surface area contributed by atoms with E-state index in [4.69, 9.17) is 16.8 Å². The second-order valence-corrected chi connectivity index (χ2v) is 8.64. The number of rotatable bonds is 8. The van der Waals surface area contributed by atoms with Crippen LogP contribution in [0, 0.1) is 0 Å².